The zero-order chi connectivity index (χ0) is 15.2. The number of anilines is 1. The van der Waals surface area contributed by atoms with Crippen LogP contribution in [0.5, 0.6) is 0 Å². The molecule has 2 aromatic rings. The van der Waals surface area contributed by atoms with E-state index in [1.165, 1.54) is 0 Å². The third kappa shape index (κ3) is 3.93. The molecule has 5 heteroatoms. The van der Waals surface area contributed by atoms with Crippen molar-refractivity contribution >= 4 is 23.0 Å². The predicted molar refractivity (Wildman–Crippen MR) is 86.1 cm³/mol. The highest BCUT2D eigenvalue weighted by Crippen LogP contribution is 2.24. The summed E-state index contributed by atoms with van der Waals surface area (Å²) in [4.78, 5) is 11.4. The van der Waals surface area contributed by atoms with E-state index in [1.54, 1.807) is 24.3 Å². The van der Waals surface area contributed by atoms with Gasteiger partial charge in [-0.2, -0.15) is 11.3 Å². The molecule has 0 amide bonds. The van der Waals surface area contributed by atoms with Gasteiger partial charge in [0.25, 0.3) is 0 Å². The monoisotopic (exact) mass is 302 g/mol. The Hall–Kier alpha value is -2.11. The van der Waals surface area contributed by atoms with Gasteiger partial charge in [-0.3, -0.25) is 0 Å². The Bertz CT molecular complexity index is 618. The Balaban J connectivity index is 2.17. The predicted octanol–water partition coefficient (Wildman–Crippen LogP) is 3.19. The number of hydrogen-bond donors (Lipinski definition) is 3. The molecule has 110 valence electrons. The number of allylic oxidation sites excluding steroid dienone is 1. The second-order valence-corrected chi connectivity index (χ2v) is 5.44. The molecule has 4 nitrogen and oxygen atoms in total. The number of rotatable bonds is 6. The molecule has 21 heavy (non-hydrogen) atoms. The van der Waals surface area contributed by atoms with Crippen LogP contribution >= 0.6 is 11.3 Å². The minimum atomic E-state index is -0.904. The topological polar surface area (TPSA) is 75.3 Å². The van der Waals surface area contributed by atoms with Crippen molar-refractivity contribution in [3.63, 3.8) is 0 Å². The quantitative estimate of drug-likeness (QED) is 0.566. The smallest absolute Gasteiger partial charge is 0.333 e. The molecule has 0 aliphatic heterocycles. The van der Waals surface area contributed by atoms with Gasteiger partial charge in [0.2, 0.25) is 0 Å². The summed E-state index contributed by atoms with van der Waals surface area (Å²) in [5, 5.41) is 16.6. The lowest BCUT2D eigenvalue weighted by atomic mass is 10.0. The number of nitrogens with one attached hydrogen (secondary N) is 1. The highest BCUT2D eigenvalue weighted by Gasteiger charge is 2.21. The second-order valence-electron chi connectivity index (χ2n) is 4.66. The molecular weight excluding hydrogens is 284 g/mol. The Morgan fingerprint density at radius 1 is 1.38 bits per heavy atom. The number of benzene rings is 1. The fourth-order valence-electron chi connectivity index (χ4n) is 2.12. The van der Waals surface area contributed by atoms with Gasteiger partial charge in [-0.05, 0) is 47.0 Å². The molecule has 0 saturated carbocycles. The second kappa shape index (κ2) is 7.06. The van der Waals surface area contributed by atoms with Crippen LogP contribution in [0.15, 0.2) is 52.7 Å². The highest BCUT2D eigenvalue weighted by atomic mass is 32.1. The van der Waals surface area contributed by atoms with Crippen molar-refractivity contribution in [2.24, 2.45) is 0 Å². The van der Waals surface area contributed by atoms with Crippen molar-refractivity contribution in [3.05, 3.63) is 63.9 Å². The van der Waals surface area contributed by atoms with Crippen LogP contribution in [0.1, 0.15) is 24.1 Å². The van der Waals surface area contributed by atoms with Crippen molar-refractivity contribution < 1.29 is 9.90 Å². The minimum absolute atomic E-state index is 0.323. The van der Waals surface area contributed by atoms with Gasteiger partial charge < -0.3 is 16.2 Å². The van der Waals surface area contributed by atoms with E-state index >= 15 is 0 Å². The van der Waals surface area contributed by atoms with Gasteiger partial charge in [0, 0.05) is 12.2 Å². The van der Waals surface area contributed by atoms with Crippen molar-refractivity contribution in [3.8, 4) is 0 Å². The van der Waals surface area contributed by atoms with Crippen LogP contribution in [0.3, 0.4) is 0 Å². The number of hydrogen-bond acceptors (Lipinski definition) is 4. The lowest BCUT2D eigenvalue weighted by Crippen LogP contribution is -2.25. The highest BCUT2D eigenvalue weighted by molar-refractivity contribution is 7.08. The first-order valence-electron chi connectivity index (χ1n) is 6.61. The van der Waals surface area contributed by atoms with Crippen molar-refractivity contribution in [1.29, 1.82) is 0 Å². The van der Waals surface area contributed by atoms with E-state index in [9.17, 15) is 9.90 Å². The van der Waals surface area contributed by atoms with Crippen molar-refractivity contribution in [1.82, 2.24) is 5.32 Å². The van der Waals surface area contributed by atoms with E-state index < -0.39 is 5.97 Å². The Morgan fingerprint density at radius 2 is 2.10 bits per heavy atom. The molecule has 1 atom stereocenters. The molecule has 1 unspecified atom stereocenters. The largest absolute Gasteiger partial charge is 0.478 e. The fourth-order valence-corrected chi connectivity index (χ4v) is 2.80. The van der Waals surface area contributed by atoms with Crippen LogP contribution in [-0.4, -0.2) is 11.1 Å². The molecule has 0 aliphatic carbocycles. The SMILES string of the molecule is C/C=C(\C(=O)O)C(NCc1ccc(N)cc1)c1ccsc1. The first-order valence-corrected chi connectivity index (χ1v) is 7.55. The maximum absolute atomic E-state index is 11.4. The summed E-state index contributed by atoms with van der Waals surface area (Å²) in [6, 6.07) is 9.16. The van der Waals surface area contributed by atoms with Crippen molar-refractivity contribution in [2.75, 3.05) is 5.73 Å². The van der Waals surface area contributed by atoms with Gasteiger partial charge in [0.15, 0.2) is 0 Å². The third-order valence-corrected chi connectivity index (χ3v) is 3.94. The number of carboxylic acids is 1. The van der Waals surface area contributed by atoms with Gasteiger partial charge in [-0.15, -0.1) is 0 Å². The lowest BCUT2D eigenvalue weighted by molar-refractivity contribution is -0.133. The van der Waals surface area contributed by atoms with E-state index in [4.69, 9.17) is 5.73 Å². The maximum atomic E-state index is 11.4. The van der Waals surface area contributed by atoms with Gasteiger partial charge in [0.05, 0.1) is 11.6 Å². The van der Waals surface area contributed by atoms with Crippen LogP contribution in [0.2, 0.25) is 0 Å². The molecule has 1 aromatic heterocycles. The summed E-state index contributed by atoms with van der Waals surface area (Å²) >= 11 is 1.55. The van der Waals surface area contributed by atoms with Crippen LogP contribution in [-0.2, 0) is 11.3 Å². The Labute approximate surface area is 127 Å². The zero-order valence-corrected chi connectivity index (χ0v) is 12.6. The lowest BCUT2D eigenvalue weighted by Gasteiger charge is -2.19. The molecule has 0 radical (unpaired) electrons. The maximum Gasteiger partial charge on any atom is 0.333 e. The molecule has 0 aliphatic rings. The molecule has 0 spiro atoms. The number of thiophene rings is 1. The van der Waals surface area contributed by atoms with Crippen LogP contribution in [0.25, 0.3) is 0 Å². The van der Waals surface area contributed by atoms with E-state index in [-0.39, 0.29) is 6.04 Å². The standard InChI is InChI=1S/C16H18N2O2S/c1-2-14(16(19)20)15(12-7-8-21-10-12)18-9-11-3-5-13(17)6-4-11/h2-8,10,15,18H,9,17H2,1H3,(H,19,20)/b14-2-. The van der Waals surface area contributed by atoms with Crippen LogP contribution in [0.4, 0.5) is 5.69 Å². The summed E-state index contributed by atoms with van der Waals surface area (Å²) in [6.07, 6.45) is 1.64. The average molecular weight is 302 g/mol. The van der Waals surface area contributed by atoms with E-state index in [1.807, 2.05) is 41.1 Å². The van der Waals surface area contributed by atoms with Crippen molar-refractivity contribution in [2.45, 2.75) is 19.5 Å². The first-order chi connectivity index (χ1) is 10.1. The summed E-state index contributed by atoms with van der Waals surface area (Å²) in [7, 11) is 0. The summed E-state index contributed by atoms with van der Waals surface area (Å²) < 4.78 is 0. The molecular formula is C16H18N2O2S. The summed E-state index contributed by atoms with van der Waals surface area (Å²) in [5.41, 5.74) is 8.75. The fraction of sp³-hybridized carbons (Fsp3) is 0.188. The van der Waals surface area contributed by atoms with E-state index in [0.29, 0.717) is 17.8 Å². The minimum Gasteiger partial charge on any atom is -0.478 e. The number of nitrogens with two attached hydrogens (primary N) is 1. The third-order valence-electron chi connectivity index (χ3n) is 3.24. The van der Waals surface area contributed by atoms with Gasteiger partial charge >= 0.3 is 5.97 Å². The van der Waals surface area contributed by atoms with Gasteiger partial charge in [0.1, 0.15) is 0 Å². The molecule has 1 heterocycles. The summed E-state index contributed by atoms with van der Waals surface area (Å²) in [6.45, 7) is 2.32. The number of aliphatic carboxylic acids is 1. The number of carbonyl (C=O) groups is 1. The molecule has 2 rings (SSSR count). The van der Waals surface area contributed by atoms with E-state index in [2.05, 4.69) is 5.32 Å². The Kier molecular flexibility index (Phi) is 5.14. The van der Waals surface area contributed by atoms with Crippen LogP contribution < -0.4 is 11.1 Å². The molecule has 0 bridgehead atoms. The van der Waals surface area contributed by atoms with E-state index in [0.717, 1.165) is 11.1 Å². The molecule has 4 N–H and O–H groups in total. The van der Waals surface area contributed by atoms with Gasteiger partial charge in [-0.25, -0.2) is 4.79 Å². The van der Waals surface area contributed by atoms with Crippen LogP contribution in [0, 0.1) is 0 Å². The average Bonchev–Trinajstić information content (AvgIpc) is 2.98. The summed E-state index contributed by atoms with van der Waals surface area (Å²) in [5.74, 6) is -0.904. The number of nitrogen functional groups attached to an aromatic ring is 1. The number of carboxylic acid groups (broad SMARTS) is 1. The van der Waals surface area contributed by atoms with Gasteiger partial charge in [-0.1, -0.05) is 18.2 Å². The molecule has 1 aromatic carbocycles. The normalized spacial score (nSPS) is 13.1. The molecule has 0 saturated heterocycles. The first kappa shape index (κ1) is 15.3. The Morgan fingerprint density at radius 3 is 2.62 bits per heavy atom. The molecule has 0 fully saturated rings. The zero-order valence-electron chi connectivity index (χ0n) is 11.7.